The fraction of sp³-hybridized carbons (Fsp3) is 0.429. The van der Waals surface area contributed by atoms with Gasteiger partial charge in [0.1, 0.15) is 5.84 Å². The van der Waals surface area contributed by atoms with Crippen LogP contribution in [0.4, 0.5) is 5.69 Å². The Hall–Kier alpha value is -2.04. The smallest absolute Gasteiger partial charge is 0.224 e. The van der Waals surface area contributed by atoms with Crippen LogP contribution < -0.4 is 11.1 Å². The van der Waals surface area contributed by atoms with Gasteiger partial charge in [-0.3, -0.25) is 4.79 Å². The van der Waals surface area contributed by atoms with Crippen molar-refractivity contribution in [2.45, 2.75) is 32.1 Å². The van der Waals surface area contributed by atoms with Crippen molar-refractivity contribution in [3.63, 3.8) is 0 Å². The monoisotopic (exact) mass is 261 g/mol. The highest BCUT2D eigenvalue weighted by Crippen LogP contribution is 2.29. The van der Waals surface area contributed by atoms with Gasteiger partial charge in [-0.1, -0.05) is 23.7 Å². The Morgan fingerprint density at radius 1 is 1.37 bits per heavy atom. The van der Waals surface area contributed by atoms with Crippen LogP contribution in [0.5, 0.6) is 0 Å². The Balaban J connectivity index is 1.85. The molecule has 5 heteroatoms. The molecule has 2 rings (SSSR count). The molecule has 0 radical (unpaired) electrons. The summed E-state index contributed by atoms with van der Waals surface area (Å²) in [5, 5.41) is 14.3. The number of amidine groups is 1. The zero-order chi connectivity index (χ0) is 13.7. The molecule has 0 atom stereocenters. The van der Waals surface area contributed by atoms with Crippen molar-refractivity contribution in [1.29, 1.82) is 0 Å². The summed E-state index contributed by atoms with van der Waals surface area (Å²) in [6, 6.07) is 7.38. The molecule has 4 N–H and O–H groups in total. The lowest BCUT2D eigenvalue weighted by atomic mass is 9.83. The molecule has 1 saturated carbocycles. The summed E-state index contributed by atoms with van der Waals surface area (Å²) in [7, 11) is 0. The number of carbonyl (C=O) groups is 1. The number of nitrogens with two attached hydrogens (primary N) is 1. The molecule has 0 aromatic heterocycles. The first-order valence-electron chi connectivity index (χ1n) is 6.52. The summed E-state index contributed by atoms with van der Waals surface area (Å²) in [6.45, 7) is 0. The minimum absolute atomic E-state index is 0.0777. The molecule has 1 amide bonds. The first-order valence-corrected chi connectivity index (χ1v) is 6.52. The van der Waals surface area contributed by atoms with Crippen LogP contribution in [0, 0.1) is 5.92 Å². The van der Waals surface area contributed by atoms with Crippen molar-refractivity contribution >= 4 is 17.4 Å². The molecule has 1 aliphatic rings. The first kappa shape index (κ1) is 13.4. The van der Waals surface area contributed by atoms with Gasteiger partial charge >= 0.3 is 0 Å². The summed E-state index contributed by atoms with van der Waals surface area (Å²) in [5.74, 6) is 0.815. The highest BCUT2D eigenvalue weighted by Gasteiger charge is 2.20. The van der Waals surface area contributed by atoms with Crippen molar-refractivity contribution in [3.8, 4) is 0 Å². The Labute approximate surface area is 112 Å². The highest BCUT2D eigenvalue weighted by molar-refractivity contribution is 5.91. The number of benzene rings is 1. The van der Waals surface area contributed by atoms with E-state index in [4.69, 9.17) is 10.9 Å². The van der Waals surface area contributed by atoms with Gasteiger partial charge in [0.05, 0.1) is 0 Å². The minimum atomic E-state index is 0.0777. The van der Waals surface area contributed by atoms with Gasteiger partial charge in [0.2, 0.25) is 5.91 Å². The van der Waals surface area contributed by atoms with E-state index in [1.807, 2.05) is 24.3 Å². The first-order chi connectivity index (χ1) is 9.17. The zero-order valence-electron chi connectivity index (χ0n) is 10.8. The summed E-state index contributed by atoms with van der Waals surface area (Å²) in [5.41, 5.74) is 7.15. The zero-order valence-corrected chi connectivity index (χ0v) is 10.8. The van der Waals surface area contributed by atoms with E-state index in [9.17, 15) is 4.79 Å². The number of rotatable bonds is 5. The maximum absolute atomic E-state index is 11.7. The largest absolute Gasteiger partial charge is 0.409 e. The fourth-order valence-electron chi connectivity index (χ4n) is 2.12. The average molecular weight is 261 g/mol. The quantitative estimate of drug-likeness (QED) is 0.328. The van der Waals surface area contributed by atoms with Crippen LogP contribution in [0.2, 0.25) is 0 Å². The Bertz CT molecular complexity index is 464. The van der Waals surface area contributed by atoms with E-state index in [1.54, 1.807) is 0 Å². The van der Waals surface area contributed by atoms with Crippen molar-refractivity contribution in [2.75, 3.05) is 5.32 Å². The molecule has 1 aliphatic carbocycles. The van der Waals surface area contributed by atoms with Crippen LogP contribution in [0.1, 0.15) is 31.2 Å². The van der Waals surface area contributed by atoms with Crippen LogP contribution in [0.3, 0.4) is 0 Å². The minimum Gasteiger partial charge on any atom is -0.409 e. The van der Waals surface area contributed by atoms with E-state index in [0.29, 0.717) is 18.8 Å². The number of hydrogen-bond acceptors (Lipinski definition) is 3. The SMILES string of the molecule is N/C(Cc1ccc(NC(=O)CC2CCC2)cc1)=N/O. The molecule has 0 spiro atoms. The second-order valence-electron chi connectivity index (χ2n) is 5.01. The fourth-order valence-corrected chi connectivity index (χ4v) is 2.12. The van der Waals surface area contributed by atoms with E-state index in [1.165, 1.54) is 19.3 Å². The Morgan fingerprint density at radius 2 is 2.05 bits per heavy atom. The number of anilines is 1. The molecule has 0 bridgehead atoms. The lowest BCUT2D eigenvalue weighted by Gasteiger charge is -2.24. The number of nitrogens with one attached hydrogen (secondary N) is 1. The summed E-state index contributed by atoms with van der Waals surface area (Å²) in [4.78, 5) is 11.7. The van der Waals surface area contributed by atoms with Crippen LogP contribution in [0.25, 0.3) is 0 Å². The molecule has 1 aromatic rings. The van der Waals surface area contributed by atoms with Crippen LogP contribution in [0.15, 0.2) is 29.4 Å². The van der Waals surface area contributed by atoms with Crippen LogP contribution in [-0.4, -0.2) is 17.0 Å². The number of nitrogens with zero attached hydrogens (tertiary/aromatic N) is 1. The Morgan fingerprint density at radius 3 is 2.58 bits per heavy atom. The highest BCUT2D eigenvalue weighted by atomic mass is 16.4. The van der Waals surface area contributed by atoms with E-state index in [0.717, 1.165) is 11.3 Å². The second kappa shape index (κ2) is 6.22. The molecular weight excluding hydrogens is 242 g/mol. The standard InChI is InChI=1S/C14H19N3O2/c15-13(17-19)8-11-4-6-12(7-5-11)16-14(18)9-10-2-1-3-10/h4-7,10,19H,1-3,8-9H2,(H2,15,17)(H,16,18). The maximum atomic E-state index is 11.7. The molecule has 1 aromatic carbocycles. The molecular formula is C14H19N3O2. The van der Waals surface area contributed by atoms with Crippen molar-refractivity contribution < 1.29 is 10.0 Å². The molecule has 0 unspecified atom stereocenters. The number of amides is 1. The molecule has 0 heterocycles. The van der Waals surface area contributed by atoms with Gasteiger partial charge in [-0.2, -0.15) is 0 Å². The number of hydrogen-bond donors (Lipinski definition) is 3. The number of carbonyl (C=O) groups excluding carboxylic acids is 1. The van der Waals surface area contributed by atoms with E-state index in [2.05, 4.69) is 10.5 Å². The van der Waals surface area contributed by atoms with Crippen LogP contribution in [-0.2, 0) is 11.2 Å². The molecule has 0 aliphatic heterocycles. The van der Waals surface area contributed by atoms with Gasteiger partial charge in [-0.15, -0.1) is 0 Å². The Kier molecular flexibility index (Phi) is 4.39. The van der Waals surface area contributed by atoms with Gasteiger partial charge < -0.3 is 16.3 Å². The predicted octanol–water partition coefficient (Wildman–Crippen LogP) is 2.10. The third-order valence-electron chi connectivity index (χ3n) is 3.45. The van der Waals surface area contributed by atoms with Gasteiger partial charge in [0.15, 0.2) is 0 Å². The normalized spacial score (nSPS) is 15.9. The van der Waals surface area contributed by atoms with E-state index >= 15 is 0 Å². The predicted molar refractivity (Wildman–Crippen MR) is 74.1 cm³/mol. The second-order valence-corrected chi connectivity index (χ2v) is 5.01. The molecule has 19 heavy (non-hydrogen) atoms. The van der Waals surface area contributed by atoms with Crippen molar-refractivity contribution in [1.82, 2.24) is 0 Å². The summed E-state index contributed by atoms with van der Waals surface area (Å²) >= 11 is 0. The third-order valence-corrected chi connectivity index (χ3v) is 3.45. The van der Waals surface area contributed by atoms with Gasteiger partial charge in [-0.05, 0) is 36.5 Å². The average Bonchev–Trinajstić information content (AvgIpc) is 2.36. The van der Waals surface area contributed by atoms with Gasteiger partial charge in [0.25, 0.3) is 0 Å². The molecule has 102 valence electrons. The lowest BCUT2D eigenvalue weighted by molar-refractivity contribution is -0.117. The topological polar surface area (TPSA) is 87.7 Å². The molecule has 0 saturated heterocycles. The maximum Gasteiger partial charge on any atom is 0.224 e. The van der Waals surface area contributed by atoms with E-state index < -0.39 is 0 Å². The lowest BCUT2D eigenvalue weighted by Crippen LogP contribution is -2.20. The van der Waals surface area contributed by atoms with Gasteiger partial charge in [0, 0.05) is 18.5 Å². The summed E-state index contributed by atoms with van der Waals surface area (Å²) < 4.78 is 0. The molecule has 5 nitrogen and oxygen atoms in total. The number of oxime groups is 1. The van der Waals surface area contributed by atoms with E-state index in [-0.39, 0.29) is 11.7 Å². The summed E-state index contributed by atoms with van der Waals surface area (Å²) in [6.07, 6.45) is 4.61. The molecule has 1 fully saturated rings. The third kappa shape index (κ3) is 3.98. The van der Waals surface area contributed by atoms with Crippen molar-refractivity contribution in [3.05, 3.63) is 29.8 Å². The van der Waals surface area contributed by atoms with Crippen LogP contribution >= 0.6 is 0 Å². The van der Waals surface area contributed by atoms with Crippen molar-refractivity contribution in [2.24, 2.45) is 16.8 Å². The van der Waals surface area contributed by atoms with Gasteiger partial charge in [-0.25, -0.2) is 0 Å².